The molecule has 5 atom stereocenters. The van der Waals surface area contributed by atoms with Crippen LogP contribution < -0.4 is 9.46 Å². The smallest absolute Gasteiger partial charge is 0.301 e. The molecule has 0 bridgehead atoms. The number of fused-ring (bicyclic) bond motifs is 2. The Morgan fingerprint density at radius 1 is 1.04 bits per heavy atom. The summed E-state index contributed by atoms with van der Waals surface area (Å²) in [6, 6.07) is 19.0. The fraction of sp³-hybridized carbons (Fsp3) is 0.424. The van der Waals surface area contributed by atoms with Gasteiger partial charge in [0, 0.05) is 41.9 Å². The molecule has 2 saturated heterocycles. The van der Waals surface area contributed by atoms with E-state index in [1.165, 1.54) is 0 Å². The van der Waals surface area contributed by atoms with Crippen LogP contribution in [0.5, 0.6) is 6.01 Å². The van der Waals surface area contributed by atoms with Gasteiger partial charge in [-0.25, -0.2) is 9.19 Å². The van der Waals surface area contributed by atoms with E-state index in [0.29, 0.717) is 34.5 Å². The molecule has 0 amide bonds. The minimum Gasteiger partial charge on any atom is -0.456 e. The zero-order chi connectivity index (χ0) is 32.6. The molecule has 4 aromatic rings. The Labute approximate surface area is 276 Å². The van der Waals surface area contributed by atoms with Gasteiger partial charge in [0.1, 0.15) is 30.6 Å². The van der Waals surface area contributed by atoms with Gasteiger partial charge in [-0.3, -0.25) is 4.57 Å². The standard InChI is InChI=1S/C33H41ClN4O6SSi/c1-6-45(2,40)37-24-13-11-22(12-14-24)21-7-9-23(10-8-21)29-25(34)17-26-32(36-29)38(20-41-15-16-46(3,4)5)33(35-26)44-28-19-43-30-27(39)18-42-31(28)30/h6-14,17,27-28,30-31,39H,15-16,18-20H2,1-5H3,(H,37,40)/t27-,28-,30-,31-,45?/m1/s1. The van der Waals surface area contributed by atoms with Crippen molar-refractivity contribution in [3.05, 3.63) is 59.6 Å². The van der Waals surface area contributed by atoms with Crippen LogP contribution in [0.4, 0.5) is 5.69 Å². The highest BCUT2D eigenvalue weighted by Crippen LogP contribution is 2.35. The predicted octanol–water partition coefficient (Wildman–Crippen LogP) is 5.70. The highest BCUT2D eigenvalue weighted by Gasteiger charge is 2.49. The predicted molar refractivity (Wildman–Crippen MR) is 187 cm³/mol. The zero-order valence-electron chi connectivity index (χ0n) is 26.7. The van der Waals surface area contributed by atoms with Gasteiger partial charge in [-0.05, 0) is 47.7 Å². The molecular weight excluding hydrogens is 644 g/mol. The molecule has 0 saturated carbocycles. The molecule has 2 aliphatic heterocycles. The summed E-state index contributed by atoms with van der Waals surface area (Å²) in [7, 11) is -3.51. The van der Waals surface area contributed by atoms with Gasteiger partial charge in [-0.2, -0.15) is 4.98 Å². The van der Waals surface area contributed by atoms with Crippen LogP contribution in [0, 0.1) is 0 Å². The number of benzene rings is 2. The van der Waals surface area contributed by atoms with Crippen molar-refractivity contribution in [2.75, 3.05) is 30.8 Å². The topological polar surface area (TPSA) is 117 Å². The summed E-state index contributed by atoms with van der Waals surface area (Å²) in [6.45, 7) is 10.1. The van der Waals surface area contributed by atoms with E-state index in [-0.39, 0.29) is 26.0 Å². The van der Waals surface area contributed by atoms with Gasteiger partial charge in [0.2, 0.25) is 0 Å². The molecule has 2 aliphatic rings. The quantitative estimate of drug-likeness (QED) is 0.117. The fourth-order valence-electron chi connectivity index (χ4n) is 5.47. The Balaban J connectivity index is 1.27. The number of anilines is 1. The first kappa shape index (κ1) is 32.9. The molecular formula is C33H41ClN4O6SSi. The minimum absolute atomic E-state index is 0.211. The number of rotatable bonds is 11. The number of nitrogens with one attached hydrogen (secondary N) is 1. The van der Waals surface area contributed by atoms with E-state index in [2.05, 4.69) is 24.4 Å². The number of aromatic nitrogens is 3. The van der Waals surface area contributed by atoms with E-state index < -0.39 is 36.1 Å². The number of ether oxygens (including phenoxy) is 4. The second-order valence-corrected chi connectivity index (χ2v) is 21.6. The van der Waals surface area contributed by atoms with Gasteiger partial charge >= 0.3 is 6.01 Å². The summed E-state index contributed by atoms with van der Waals surface area (Å²) < 4.78 is 41.3. The molecule has 0 aliphatic carbocycles. The second kappa shape index (κ2) is 13.3. The monoisotopic (exact) mass is 684 g/mol. The maximum Gasteiger partial charge on any atom is 0.301 e. The Kier molecular flexibility index (Phi) is 9.50. The van der Waals surface area contributed by atoms with Crippen molar-refractivity contribution in [2.24, 2.45) is 0 Å². The van der Waals surface area contributed by atoms with E-state index in [1.807, 2.05) is 53.1 Å². The molecule has 246 valence electrons. The SMILES string of the molecule is CC=S(C)(=O)Nc1ccc(-c2ccc(-c3nc4c(cc3Cl)nc(O[C@@H]3CO[C@H]5[C@@H]3OC[C@H]5O)n4COCC[Si](C)(C)C)cc2)cc1. The van der Waals surface area contributed by atoms with Crippen molar-refractivity contribution in [1.29, 1.82) is 0 Å². The lowest BCUT2D eigenvalue weighted by molar-refractivity contribution is 0.00336. The Morgan fingerprint density at radius 2 is 1.70 bits per heavy atom. The average molecular weight is 685 g/mol. The van der Waals surface area contributed by atoms with Crippen LogP contribution in [0.25, 0.3) is 33.5 Å². The van der Waals surface area contributed by atoms with E-state index in [1.54, 1.807) is 24.6 Å². The number of pyridine rings is 1. The molecule has 2 aromatic carbocycles. The summed E-state index contributed by atoms with van der Waals surface area (Å²) in [6.07, 6.45) is -0.218. The summed E-state index contributed by atoms with van der Waals surface area (Å²) in [4.78, 5) is 9.72. The van der Waals surface area contributed by atoms with Gasteiger partial charge in [0.15, 0.2) is 11.8 Å². The van der Waals surface area contributed by atoms with Gasteiger partial charge in [0.25, 0.3) is 0 Å². The number of aliphatic hydroxyl groups is 1. The molecule has 10 nitrogen and oxygen atoms in total. The maximum atomic E-state index is 12.4. The summed E-state index contributed by atoms with van der Waals surface area (Å²) in [5.41, 5.74) is 5.51. The van der Waals surface area contributed by atoms with Crippen LogP contribution in [-0.2, 0) is 30.6 Å². The molecule has 13 heteroatoms. The third-order valence-corrected chi connectivity index (χ3v) is 11.8. The summed E-state index contributed by atoms with van der Waals surface area (Å²) in [5.74, 6) is 0. The Morgan fingerprint density at radius 3 is 2.37 bits per heavy atom. The first-order chi connectivity index (χ1) is 21.9. The molecule has 2 aromatic heterocycles. The molecule has 1 unspecified atom stereocenters. The minimum atomic E-state index is -2.22. The number of imidazole rings is 1. The third-order valence-electron chi connectivity index (χ3n) is 8.24. The molecule has 4 heterocycles. The van der Waals surface area contributed by atoms with Crippen molar-refractivity contribution in [2.45, 2.75) is 63.8 Å². The van der Waals surface area contributed by atoms with Crippen LogP contribution in [0.2, 0.25) is 30.7 Å². The zero-order valence-corrected chi connectivity index (χ0v) is 29.3. The van der Waals surface area contributed by atoms with Crippen molar-refractivity contribution in [3.8, 4) is 28.4 Å². The first-order valence-corrected chi connectivity index (χ1v) is 21.5. The number of halogens is 1. The van der Waals surface area contributed by atoms with E-state index >= 15 is 0 Å². The lowest BCUT2D eigenvalue weighted by atomic mass is 10.0. The molecule has 6 rings (SSSR count). The second-order valence-electron chi connectivity index (χ2n) is 13.0. The molecule has 2 fully saturated rings. The lowest BCUT2D eigenvalue weighted by Gasteiger charge is -2.19. The van der Waals surface area contributed by atoms with Gasteiger partial charge in [-0.15, -0.1) is 0 Å². The van der Waals surface area contributed by atoms with E-state index in [9.17, 15) is 9.32 Å². The highest BCUT2D eigenvalue weighted by molar-refractivity contribution is 8.01. The molecule has 0 spiro atoms. The van der Waals surface area contributed by atoms with E-state index in [0.717, 1.165) is 28.4 Å². The number of hydrogen-bond donors (Lipinski definition) is 2. The Hall–Kier alpha value is -2.97. The van der Waals surface area contributed by atoms with Crippen molar-refractivity contribution in [3.63, 3.8) is 0 Å². The van der Waals surface area contributed by atoms with Crippen molar-refractivity contribution >= 4 is 51.6 Å². The van der Waals surface area contributed by atoms with Crippen molar-refractivity contribution < 1.29 is 28.3 Å². The molecule has 0 radical (unpaired) electrons. The average Bonchev–Trinajstić information content (AvgIpc) is 3.69. The first-order valence-electron chi connectivity index (χ1n) is 15.4. The van der Waals surface area contributed by atoms with E-state index in [4.69, 9.17) is 40.5 Å². The van der Waals surface area contributed by atoms with Crippen LogP contribution in [-0.4, -0.2) is 87.8 Å². The van der Waals surface area contributed by atoms with Gasteiger partial charge < -0.3 is 28.8 Å². The maximum absolute atomic E-state index is 12.4. The van der Waals surface area contributed by atoms with Crippen LogP contribution >= 0.6 is 11.6 Å². The highest BCUT2D eigenvalue weighted by atomic mass is 35.5. The third kappa shape index (κ3) is 7.28. The normalized spacial score (nSPS) is 22.5. The number of hydrogen-bond acceptors (Lipinski definition) is 8. The molecule has 46 heavy (non-hydrogen) atoms. The fourth-order valence-corrected chi connectivity index (χ4v) is 7.21. The lowest BCUT2D eigenvalue weighted by Crippen LogP contribution is -2.35. The van der Waals surface area contributed by atoms with Crippen LogP contribution in [0.1, 0.15) is 6.92 Å². The van der Waals surface area contributed by atoms with Crippen LogP contribution in [0.3, 0.4) is 0 Å². The molecule has 2 N–H and O–H groups in total. The van der Waals surface area contributed by atoms with Crippen LogP contribution in [0.15, 0.2) is 54.6 Å². The summed E-state index contributed by atoms with van der Waals surface area (Å²) >= 11 is 6.79. The largest absolute Gasteiger partial charge is 0.456 e. The van der Waals surface area contributed by atoms with Gasteiger partial charge in [0.05, 0.1) is 23.9 Å². The number of nitrogens with zero attached hydrogens (tertiary/aromatic N) is 3. The van der Waals surface area contributed by atoms with Gasteiger partial charge in [-0.1, -0.05) is 67.6 Å². The van der Waals surface area contributed by atoms with Crippen molar-refractivity contribution in [1.82, 2.24) is 14.5 Å². The summed E-state index contributed by atoms with van der Waals surface area (Å²) in [5, 5.41) is 12.3. The Bertz CT molecular complexity index is 1820. The number of aliphatic hydroxyl groups excluding tert-OH is 1.